The molecule has 0 aliphatic heterocycles. The van der Waals surface area contributed by atoms with E-state index >= 15 is 0 Å². The minimum Gasteiger partial charge on any atom is -0.422 e. The first kappa shape index (κ1) is 17.4. The number of allylic oxidation sites excluding steroid dienone is 1. The fourth-order valence-electron chi connectivity index (χ4n) is 1.76. The van der Waals surface area contributed by atoms with Crippen LogP contribution in [0.4, 0.5) is 0 Å². The molecule has 0 heterocycles. The van der Waals surface area contributed by atoms with E-state index in [2.05, 4.69) is 6.92 Å². The van der Waals surface area contributed by atoms with Crippen molar-refractivity contribution in [1.29, 1.82) is 0 Å². The number of esters is 1. The number of carbonyl (C=O) groups excluding carboxylic acids is 1. The third-order valence-electron chi connectivity index (χ3n) is 2.82. The topological polar surface area (TPSA) is 80.7 Å². The summed E-state index contributed by atoms with van der Waals surface area (Å²) in [5.74, 6) is -0.845. The van der Waals surface area contributed by atoms with Gasteiger partial charge in [0.05, 0.1) is 0 Å². The quantitative estimate of drug-likeness (QED) is 0.262. The number of hydrogen-bond donors (Lipinski definition) is 1. The van der Waals surface area contributed by atoms with Crippen molar-refractivity contribution in [2.24, 2.45) is 0 Å². The van der Waals surface area contributed by atoms with E-state index in [1.54, 1.807) is 6.08 Å². The minimum absolute atomic E-state index is 0.180. The van der Waals surface area contributed by atoms with Crippen molar-refractivity contribution in [3.8, 4) is 5.75 Å². The van der Waals surface area contributed by atoms with E-state index in [9.17, 15) is 13.2 Å². The molecule has 116 valence electrons. The maximum Gasteiger partial charge on any atom is 0.335 e. The van der Waals surface area contributed by atoms with Crippen LogP contribution in [0, 0.1) is 0 Å². The highest BCUT2D eigenvalue weighted by molar-refractivity contribution is 7.86. The Labute approximate surface area is 125 Å². The fourth-order valence-corrected chi connectivity index (χ4v) is 2.37. The molecule has 6 heteroatoms. The fraction of sp³-hybridized carbons (Fsp3) is 0.400. The molecule has 0 spiro atoms. The number of unbranched alkanes of at least 4 members (excludes halogenated alkanes) is 4. The van der Waals surface area contributed by atoms with Crippen LogP contribution in [0.5, 0.6) is 5.75 Å². The van der Waals surface area contributed by atoms with Crippen LogP contribution in [0.25, 0.3) is 0 Å². The van der Waals surface area contributed by atoms with E-state index in [0.717, 1.165) is 25.7 Å². The van der Waals surface area contributed by atoms with Crippen molar-refractivity contribution in [3.63, 3.8) is 0 Å². The molecule has 0 aliphatic rings. The summed E-state index contributed by atoms with van der Waals surface area (Å²) in [7, 11) is -4.42. The van der Waals surface area contributed by atoms with Gasteiger partial charge in [0.1, 0.15) is 4.90 Å². The predicted octanol–water partition coefficient (Wildman–Crippen LogP) is 3.37. The van der Waals surface area contributed by atoms with Gasteiger partial charge < -0.3 is 4.74 Å². The third-order valence-corrected chi connectivity index (χ3v) is 3.71. The summed E-state index contributed by atoms with van der Waals surface area (Å²) in [5, 5.41) is 0. The number of ether oxygens (including phenoxy) is 1. The Morgan fingerprint density at radius 1 is 1.24 bits per heavy atom. The van der Waals surface area contributed by atoms with Gasteiger partial charge in [0.15, 0.2) is 5.75 Å². The Kier molecular flexibility index (Phi) is 7.11. The van der Waals surface area contributed by atoms with E-state index < -0.39 is 21.0 Å². The molecule has 0 radical (unpaired) electrons. The normalized spacial score (nSPS) is 11.7. The van der Waals surface area contributed by atoms with Crippen molar-refractivity contribution in [2.45, 2.75) is 43.9 Å². The zero-order chi connectivity index (χ0) is 15.7. The van der Waals surface area contributed by atoms with Crippen molar-refractivity contribution in [2.75, 3.05) is 0 Å². The molecule has 5 nitrogen and oxygen atoms in total. The van der Waals surface area contributed by atoms with Crippen LogP contribution in [0.2, 0.25) is 0 Å². The smallest absolute Gasteiger partial charge is 0.335 e. The molecule has 0 aromatic heterocycles. The van der Waals surface area contributed by atoms with Crippen LogP contribution in [-0.4, -0.2) is 18.9 Å². The molecule has 1 N–H and O–H groups in total. The van der Waals surface area contributed by atoms with Gasteiger partial charge in [-0.1, -0.05) is 44.4 Å². The van der Waals surface area contributed by atoms with Gasteiger partial charge in [-0.15, -0.1) is 0 Å². The maximum atomic E-state index is 11.6. The molecule has 1 rings (SSSR count). The Morgan fingerprint density at radius 3 is 2.62 bits per heavy atom. The summed E-state index contributed by atoms with van der Waals surface area (Å²) in [4.78, 5) is 11.2. The highest BCUT2D eigenvalue weighted by atomic mass is 32.2. The monoisotopic (exact) mass is 312 g/mol. The predicted molar refractivity (Wildman–Crippen MR) is 79.8 cm³/mol. The van der Waals surface area contributed by atoms with E-state index in [0.29, 0.717) is 0 Å². The lowest BCUT2D eigenvalue weighted by Gasteiger charge is -2.05. The van der Waals surface area contributed by atoms with Gasteiger partial charge in [-0.25, -0.2) is 4.79 Å². The highest BCUT2D eigenvalue weighted by Gasteiger charge is 2.17. The summed E-state index contributed by atoms with van der Waals surface area (Å²) < 4.78 is 36.3. The van der Waals surface area contributed by atoms with Crippen molar-refractivity contribution in [1.82, 2.24) is 0 Å². The Hall–Kier alpha value is -1.66. The van der Waals surface area contributed by atoms with Gasteiger partial charge >= 0.3 is 5.97 Å². The summed E-state index contributed by atoms with van der Waals surface area (Å²) >= 11 is 0. The number of carbonyl (C=O) groups is 1. The molecule has 0 bridgehead atoms. The lowest BCUT2D eigenvalue weighted by atomic mass is 10.1. The van der Waals surface area contributed by atoms with E-state index in [-0.39, 0.29) is 5.75 Å². The molecular weight excluding hydrogens is 292 g/mol. The van der Waals surface area contributed by atoms with Crippen LogP contribution in [0.1, 0.15) is 39.0 Å². The molecule has 0 saturated heterocycles. The second-order valence-electron chi connectivity index (χ2n) is 4.59. The molecule has 0 amide bonds. The van der Waals surface area contributed by atoms with E-state index in [1.807, 2.05) is 0 Å². The van der Waals surface area contributed by atoms with Crippen LogP contribution >= 0.6 is 0 Å². The second kappa shape index (κ2) is 8.59. The second-order valence-corrected chi connectivity index (χ2v) is 5.98. The number of benzene rings is 1. The highest BCUT2D eigenvalue weighted by Crippen LogP contribution is 2.23. The molecule has 0 unspecified atom stereocenters. The first-order valence-corrected chi connectivity index (χ1v) is 8.34. The molecule has 1 aromatic carbocycles. The van der Waals surface area contributed by atoms with Crippen LogP contribution in [-0.2, 0) is 14.9 Å². The molecule has 0 atom stereocenters. The lowest BCUT2D eigenvalue weighted by molar-refractivity contribution is -0.129. The Balaban J connectivity index is 2.58. The van der Waals surface area contributed by atoms with Crippen LogP contribution in [0.3, 0.4) is 0 Å². The van der Waals surface area contributed by atoms with Gasteiger partial charge in [-0.2, -0.15) is 8.42 Å². The first-order valence-electron chi connectivity index (χ1n) is 6.90. The molecular formula is C15H20O5S. The van der Waals surface area contributed by atoms with Gasteiger partial charge in [0, 0.05) is 6.08 Å². The summed E-state index contributed by atoms with van der Waals surface area (Å²) in [6.45, 7) is 2.12. The molecule has 1 aromatic rings. The van der Waals surface area contributed by atoms with E-state index in [1.165, 1.54) is 36.8 Å². The average molecular weight is 312 g/mol. The van der Waals surface area contributed by atoms with E-state index in [4.69, 9.17) is 9.29 Å². The van der Waals surface area contributed by atoms with Crippen LogP contribution < -0.4 is 4.74 Å². The van der Waals surface area contributed by atoms with Gasteiger partial charge in [-0.05, 0) is 25.0 Å². The van der Waals surface area contributed by atoms with Crippen molar-refractivity contribution >= 4 is 16.1 Å². The summed E-state index contributed by atoms with van der Waals surface area (Å²) in [5.41, 5.74) is 0. The molecule has 0 saturated carbocycles. The van der Waals surface area contributed by atoms with Crippen LogP contribution in [0.15, 0.2) is 41.3 Å². The number of para-hydroxylation sites is 1. The SMILES string of the molecule is CCCCCCC=CC(=O)Oc1ccccc1S(=O)(=O)O. The summed E-state index contributed by atoms with van der Waals surface area (Å²) in [6.07, 6.45) is 8.18. The number of hydrogen-bond acceptors (Lipinski definition) is 4. The Bertz CT molecular complexity index is 590. The van der Waals surface area contributed by atoms with Gasteiger partial charge in [-0.3, -0.25) is 4.55 Å². The Morgan fingerprint density at radius 2 is 1.95 bits per heavy atom. The molecule has 21 heavy (non-hydrogen) atoms. The molecule has 0 aliphatic carbocycles. The largest absolute Gasteiger partial charge is 0.422 e. The third kappa shape index (κ3) is 6.55. The first-order chi connectivity index (χ1) is 9.95. The van der Waals surface area contributed by atoms with Gasteiger partial charge in [0.2, 0.25) is 0 Å². The minimum atomic E-state index is -4.42. The van der Waals surface area contributed by atoms with Crippen molar-refractivity contribution in [3.05, 3.63) is 36.4 Å². The summed E-state index contributed by atoms with van der Waals surface area (Å²) in [6, 6.07) is 5.44. The zero-order valence-electron chi connectivity index (χ0n) is 12.0. The number of rotatable bonds is 8. The maximum absolute atomic E-state index is 11.6. The lowest BCUT2D eigenvalue weighted by Crippen LogP contribution is -2.08. The molecule has 0 fully saturated rings. The van der Waals surface area contributed by atoms with Crippen molar-refractivity contribution < 1.29 is 22.5 Å². The average Bonchev–Trinajstić information content (AvgIpc) is 2.42. The standard InChI is InChI=1S/C15H20O5S/c1-2-3-4-5-6-7-12-15(16)20-13-10-8-9-11-14(13)21(17,18)19/h7-12H,2-6H2,1H3,(H,17,18,19). The van der Waals surface area contributed by atoms with Gasteiger partial charge in [0.25, 0.3) is 10.1 Å². The zero-order valence-corrected chi connectivity index (χ0v) is 12.8.